The van der Waals surface area contributed by atoms with Gasteiger partial charge in [0.25, 0.3) is 0 Å². The van der Waals surface area contributed by atoms with Crippen LogP contribution in [0.25, 0.3) is 0 Å². The van der Waals surface area contributed by atoms with Gasteiger partial charge in [-0.2, -0.15) is 0 Å². The second-order valence-corrected chi connectivity index (χ2v) is 6.33. The summed E-state index contributed by atoms with van der Waals surface area (Å²) in [4.78, 5) is 40.1. The van der Waals surface area contributed by atoms with Crippen LogP contribution in [0.15, 0.2) is 18.2 Å². The lowest BCUT2D eigenvalue weighted by Crippen LogP contribution is -2.25. The molecule has 0 aliphatic carbocycles. The molecule has 1 aliphatic rings. The standard InChI is InChI=1S/C20H21NO7/c1-5-25-20(24)16-10(2)17(21-11(16)3)18(22)12(4)28-19(23)13-6-7-14-15(8-13)27-9-26-14/h6-8,12,21H,5,9H2,1-4H3. The van der Waals surface area contributed by atoms with E-state index in [1.54, 1.807) is 26.8 Å². The Kier molecular flexibility index (Phi) is 5.39. The highest BCUT2D eigenvalue weighted by Gasteiger charge is 2.28. The SMILES string of the molecule is CCOC(=O)c1c(C)[nH]c(C(=O)C(C)OC(=O)c2ccc3c(c2)OCO3)c1C. The van der Waals surface area contributed by atoms with Crippen molar-refractivity contribution in [2.75, 3.05) is 13.4 Å². The molecule has 0 bridgehead atoms. The Balaban J connectivity index is 1.75. The average molecular weight is 387 g/mol. The second kappa shape index (κ2) is 7.75. The number of aromatic nitrogens is 1. The van der Waals surface area contributed by atoms with Crippen LogP contribution in [0, 0.1) is 13.8 Å². The molecule has 1 atom stereocenters. The van der Waals surface area contributed by atoms with Crippen LogP contribution in [-0.4, -0.2) is 42.2 Å². The normalized spacial score (nSPS) is 13.1. The molecule has 148 valence electrons. The fourth-order valence-corrected chi connectivity index (χ4v) is 3.01. The number of hydrogen-bond donors (Lipinski definition) is 1. The van der Waals surface area contributed by atoms with Crippen molar-refractivity contribution < 1.29 is 33.3 Å². The number of benzene rings is 1. The zero-order chi connectivity index (χ0) is 20.4. The van der Waals surface area contributed by atoms with Crippen LogP contribution >= 0.6 is 0 Å². The molecule has 1 aliphatic heterocycles. The number of esters is 2. The summed E-state index contributed by atoms with van der Waals surface area (Å²) in [6.45, 7) is 6.84. The Bertz CT molecular complexity index is 944. The lowest BCUT2D eigenvalue weighted by molar-refractivity contribution is 0.0316. The van der Waals surface area contributed by atoms with Crippen LogP contribution in [-0.2, 0) is 9.47 Å². The summed E-state index contributed by atoms with van der Waals surface area (Å²) in [5.74, 6) is -0.609. The van der Waals surface area contributed by atoms with Crippen molar-refractivity contribution in [3.05, 3.63) is 46.3 Å². The van der Waals surface area contributed by atoms with Crippen molar-refractivity contribution >= 4 is 17.7 Å². The number of hydrogen-bond acceptors (Lipinski definition) is 7. The van der Waals surface area contributed by atoms with E-state index in [4.69, 9.17) is 18.9 Å². The quantitative estimate of drug-likeness (QED) is 0.600. The van der Waals surface area contributed by atoms with Crippen molar-refractivity contribution in [2.24, 2.45) is 0 Å². The van der Waals surface area contributed by atoms with Gasteiger partial charge in [0, 0.05) is 5.69 Å². The molecule has 0 fully saturated rings. The molecule has 0 saturated heterocycles. The minimum atomic E-state index is -1.05. The van der Waals surface area contributed by atoms with E-state index in [1.807, 2.05) is 0 Å². The lowest BCUT2D eigenvalue weighted by Gasteiger charge is -2.12. The smallest absolute Gasteiger partial charge is 0.340 e. The number of rotatable bonds is 6. The predicted molar refractivity (Wildman–Crippen MR) is 98.0 cm³/mol. The summed E-state index contributed by atoms with van der Waals surface area (Å²) in [6.07, 6.45) is -1.05. The highest BCUT2D eigenvalue weighted by molar-refractivity contribution is 6.04. The number of fused-ring (bicyclic) bond motifs is 1. The van der Waals surface area contributed by atoms with Crippen molar-refractivity contribution in [2.45, 2.75) is 33.8 Å². The van der Waals surface area contributed by atoms with E-state index in [1.165, 1.54) is 19.1 Å². The fraction of sp³-hybridized carbons (Fsp3) is 0.350. The summed E-state index contributed by atoms with van der Waals surface area (Å²) < 4.78 is 20.8. The van der Waals surface area contributed by atoms with Gasteiger partial charge in [0.05, 0.1) is 23.4 Å². The third-order valence-electron chi connectivity index (χ3n) is 4.42. The number of carbonyl (C=O) groups is 3. The van der Waals surface area contributed by atoms with Gasteiger partial charge in [0.2, 0.25) is 12.6 Å². The number of H-pyrrole nitrogens is 1. The molecule has 0 saturated carbocycles. The van der Waals surface area contributed by atoms with Gasteiger partial charge in [-0.3, -0.25) is 4.79 Å². The summed E-state index contributed by atoms with van der Waals surface area (Å²) in [5, 5.41) is 0. The third kappa shape index (κ3) is 3.58. The van der Waals surface area contributed by atoms with Crippen LogP contribution < -0.4 is 9.47 Å². The molecule has 1 unspecified atom stereocenters. The second-order valence-electron chi connectivity index (χ2n) is 6.33. The molecular weight excluding hydrogens is 366 g/mol. The molecule has 1 aromatic heterocycles. The maximum absolute atomic E-state index is 12.8. The van der Waals surface area contributed by atoms with Gasteiger partial charge in [0.15, 0.2) is 17.6 Å². The van der Waals surface area contributed by atoms with Crippen molar-refractivity contribution in [3.8, 4) is 11.5 Å². The van der Waals surface area contributed by atoms with Crippen molar-refractivity contribution in [1.82, 2.24) is 4.98 Å². The zero-order valence-corrected chi connectivity index (χ0v) is 16.1. The minimum Gasteiger partial charge on any atom is -0.462 e. The predicted octanol–water partition coefficient (Wildman–Crippen LogP) is 2.97. The molecular formula is C20H21NO7. The van der Waals surface area contributed by atoms with E-state index in [2.05, 4.69) is 4.98 Å². The van der Waals surface area contributed by atoms with Crippen molar-refractivity contribution in [3.63, 3.8) is 0 Å². The largest absolute Gasteiger partial charge is 0.462 e. The summed E-state index contributed by atoms with van der Waals surface area (Å²) in [7, 11) is 0. The Labute approximate surface area is 161 Å². The van der Waals surface area contributed by atoms with E-state index < -0.39 is 23.8 Å². The van der Waals surface area contributed by atoms with E-state index in [-0.39, 0.29) is 24.7 Å². The topological polar surface area (TPSA) is 104 Å². The number of carbonyl (C=O) groups excluding carboxylic acids is 3. The maximum atomic E-state index is 12.8. The number of Topliss-reactive ketones (excluding diaryl/α,β-unsaturated/α-hetero) is 1. The summed E-state index contributed by atoms with van der Waals surface area (Å²) >= 11 is 0. The molecule has 2 aromatic rings. The molecule has 1 N–H and O–H groups in total. The number of nitrogens with one attached hydrogen (secondary N) is 1. The number of aromatic amines is 1. The first-order valence-corrected chi connectivity index (χ1v) is 8.84. The first kappa shape index (κ1) is 19.5. The summed E-state index contributed by atoms with van der Waals surface area (Å²) in [6, 6.07) is 4.65. The van der Waals surface area contributed by atoms with Gasteiger partial charge in [-0.25, -0.2) is 9.59 Å². The van der Waals surface area contributed by atoms with E-state index in [0.29, 0.717) is 28.3 Å². The number of ether oxygens (including phenoxy) is 4. The van der Waals surface area contributed by atoms with Crippen LogP contribution in [0.1, 0.15) is 56.3 Å². The summed E-state index contributed by atoms with van der Waals surface area (Å²) in [5.41, 5.74) is 1.77. The molecule has 0 spiro atoms. The van der Waals surface area contributed by atoms with Crippen LogP contribution in [0.4, 0.5) is 0 Å². The van der Waals surface area contributed by atoms with Gasteiger partial charge < -0.3 is 23.9 Å². The van der Waals surface area contributed by atoms with E-state index in [0.717, 1.165) is 0 Å². The van der Waals surface area contributed by atoms with E-state index in [9.17, 15) is 14.4 Å². The average Bonchev–Trinajstić information content (AvgIpc) is 3.24. The van der Waals surface area contributed by atoms with Crippen LogP contribution in [0.5, 0.6) is 11.5 Å². The highest BCUT2D eigenvalue weighted by atomic mass is 16.7. The van der Waals surface area contributed by atoms with Gasteiger partial charge >= 0.3 is 11.9 Å². The Morgan fingerprint density at radius 1 is 1.14 bits per heavy atom. The Morgan fingerprint density at radius 3 is 2.57 bits per heavy atom. The number of ketones is 1. The minimum absolute atomic E-state index is 0.0942. The Morgan fingerprint density at radius 2 is 1.86 bits per heavy atom. The van der Waals surface area contributed by atoms with E-state index >= 15 is 0 Å². The first-order valence-electron chi connectivity index (χ1n) is 8.84. The lowest BCUT2D eigenvalue weighted by atomic mass is 10.1. The molecule has 3 rings (SSSR count). The van der Waals surface area contributed by atoms with Gasteiger partial charge in [-0.05, 0) is 51.5 Å². The molecule has 8 heteroatoms. The fourth-order valence-electron chi connectivity index (χ4n) is 3.01. The van der Waals surface area contributed by atoms with Crippen molar-refractivity contribution in [1.29, 1.82) is 0 Å². The third-order valence-corrected chi connectivity index (χ3v) is 4.42. The van der Waals surface area contributed by atoms with Gasteiger partial charge in [0.1, 0.15) is 0 Å². The molecule has 28 heavy (non-hydrogen) atoms. The molecule has 0 amide bonds. The maximum Gasteiger partial charge on any atom is 0.340 e. The Hall–Kier alpha value is -3.29. The monoisotopic (exact) mass is 387 g/mol. The van der Waals surface area contributed by atoms with Crippen LogP contribution in [0.3, 0.4) is 0 Å². The highest BCUT2D eigenvalue weighted by Crippen LogP contribution is 2.32. The first-order chi connectivity index (χ1) is 13.3. The molecule has 0 radical (unpaired) electrons. The molecule has 1 aromatic carbocycles. The molecule has 2 heterocycles. The molecule has 8 nitrogen and oxygen atoms in total. The zero-order valence-electron chi connectivity index (χ0n) is 16.1. The number of aryl methyl sites for hydroxylation is 1. The van der Waals surface area contributed by atoms with Gasteiger partial charge in [-0.1, -0.05) is 0 Å². The van der Waals surface area contributed by atoms with Crippen LogP contribution in [0.2, 0.25) is 0 Å². The van der Waals surface area contributed by atoms with Gasteiger partial charge in [-0.15, -0.1) is 0 Å².